The molecule has 0 aromatic heterocycles. The Hall–Kier alpha value is -0.650. The van der Waals surface area contributed by atoms with E-state index in [0.29, 0.717) is 26.2 Å². The fraction of sp³-hybridized carbons (Fsp3) is 0.917. The molecule has 0 aromatic rings. The first kappa shape index (κ1) is 16.4. The summed E-state index contributed by atoms with van der Waals surface area (Å²) in [5, 5.41) is 3.13. The zero-order chi connectivity index (χ0) is 13.1. The summed E-state index contributed by atoms with van der Waals surface area (Å²) in [7, 11) is 3.07. The molecule has 0 spiro atoms. The van der Waals surface area contributed by atoms with Gasteiger partial charge in [0.1, 0.15) is 5.54 Å². The van der Waals surface area contributed by atoms with Crippen molar-refractivity contribution in [2.75, 3.05) is 40.6 Å². The van der Waals surface area contributed by atoms with Crippen LogP contribution >= 0.6 is 0 Å². The van der Waals surface area contributed by atoms with Crippen molar-refractivity contribution in [3.63, 3.8) is 0 Å². The van der Waals surface area contributed by atoms with E-state index in [2.05, 4.69) is 5.32 Å². The zero-order valence-electron chi connectivity index (χ0n) is 11.4. The van der Waals surface area contributed by atoms with Crippen LogP contribution in [0.4, 0.5) is 0 Å². The second-order valence-electron chi connectivity index (χ2n) is 4.06. The van der Waals surface area contributed by atoms with Crippen molar-refractivity contribution in [3.05, 3.63) is 0 Å². The first-order valence-corrected chi connectivity index (χ1v) is 6.00. The molecular formula is C12H25NO4. The van der Waals surface area contributed by atoms with Crippen LogP contribution in [-0.4, -0.2) is 52.1 Å². The maximum Gasteiger partial charge on any atom is 0.325 e. The molecule has 5 nitrogen and oxygen atoms in total. The Labute approximate surface area is 104 Å². The summed E-state index contributed by atoms with van der Waals surface area (Å²) >= 11 is 0. The van der Waals surface area contributed by atoms with Crippen LogP contribution in [0.2, 0.25) is 0 Å². The molecule has 102 valence electrons. The summed E-state index contributed by atoms with van der Waals surface area (Å²) in [4.78, 5) is 11.6. The van der Waals surface area contributed by atoms with Crippen LogP contribution in [0.15, 0.2) is 0 Å². The average Bonchev–Trinajstić information content (AvgIpc) is 2.33. The van der Waals surface area contributed by atoms with Gasteiger partial charge in [-0.25, -0.2) is 0 Å². The van der Waals surface area contributed by atoms with Gasteiger partial charge in [-0.3, -0.25) is 4.79 Å². The molecule has 1 unspecified atom stereocenters. The van der Waals surface area contributed by atoms with Gasteiger partial charge in [-0.2, -0.15) is 0 Å². The lowest BCUT2D eigenvalue weighted by Crippen LogP contribution is -2.50. The third kappa shape index (κ3) is 6.61. The number of hydrogen-bond donors (Lipinski definition) is 1. The monoisotopic (exact) mass is 247 g/mol. The van der Waals surface area contributed by atoms with Gasteiger partial charge in [-0.1, -0.05) is 6.92 Å². The molecule has 0 amide bonds. The Morgan fingerprint density at radius 1 is 1.24 bits per heavy atom. The van der Waals surface area contributed by atoms with E-state index >= 15 is 0 Å². The smallest absolute Gasteiger partial charge is 0.325 e. The molecule has 0 bridgehead atoms. The van der Waals surface area contributed by atoms with Gasteiger partial charge >= 0.3 is 5.97 Å². The van der Waals surface area contributed by atoms with E-state index in [0.717, 1.165) is 13.0 Å². The maximum atomic E-state index is 11.6. The fourth-order valence-corrected chi connectivity index (χ4v) is 1.56. The number of carbonyl (C=O) groups is 1. The number of nitrogens with one attached hydrogen (secondary N) is 1. The highest BCUT2D eigenvalue weighted by Crippen LogP contribution is 2.12. The molecule has 1 atom stereocenters. The highest BCUT2D eigenvalue weighted by Gasteiger charge is 2.32. The minimum atomic E-state index is -0.662. The van der Waals surface area contributed by atoms with Gasteiger partial charge in [-0.05, 0) is 26.3 Å². The van der Waals surface area contributed by atoms with Crippen molar-refractivity contribution in [1.29, 1.82) is 0 Å². The summed E-state index contributed by atoms with van der Waals surface area (Å²) in [6, 6.07) is 0. The Kier molecular flexibility index (Phi) is 9.03. The minimum absolute atomic E-state index is 0.250. The molecule has 0 aliphatic rings. The van der Waals surface area contributed by atoms with Gasteiger partial charge in [0.05, 0.1) is 7.11 Å². The summed E-state index contributed by atoms with van der Waals surface area (Å²) in [6.07, 6.45) is 1.47. The lowest BCUT2D eigenvalue weighted by molar-refractivity contribution is -0.148. The van der Waals surface area contributed by atoms with Crippen LogP contribution in [0.5, 0.6) is 0 Å². The Bertz CT molecular complexity index is 211. The molecule has 0 aromatic carbocycles. The SMILES string of the molecule is CCNC(C)(CCOCCCOC)C(=O)OC. The van der Waals surface area contributed by atoms with Crippen molar-refractivity contribution in [3.8, 4) is 0 Å². The Morgan fingerprint density at radius 2 is 1.94 bits per heavy atom. The van der Waals surface area contributed by atoms with Crippen LogP contribution in [0.3, 0.4) is 0 Å². The quantitative estimate of drug-likeness (QED) is 0.460. The van der Waals surface area contributed by atoms with E-state index < -0.39 is 5.54 Å². The number of methoxy groups -OCH3 is 2. The Morgan fingerprint density at radius 3 is 2.47 bits per heavy atom. The van der Waals surface area contributed by atoms with Gasteiger partial charge < -0.3 is 19.5 Å². The van der Waals surface area contributed by atoms with E-state index in [1.54, 1.807) is 7.11 Å². The van der Waals surface area contributed by atoms with Gasteiger partial charge in [0.25, 0.3) is 0 Å². The molecule has 0 aliphatic carbocycles. The molecule has 0 saturated carbocycles. The van der Waals surface area contributed by atoms with Crippen LogP contribution in [0.1, 0.15) is 26.7 Å². The third-order valence-electron chi connectivity index (χ3n) is 2.59. The average molecular weight is 247 g/mol. The normalized spacial score (nSPS) is 14.4. The Balaban J connectivity index is 3.88. The number of esters is 1. The molecule has 0 fully saturated rings. The van der Waals surface area contributed by atoms with Crippen LogP contribution in [0, 0.1) is 0 Å². The third-order valence-corrected chi connectivity index (χ3v) is 2.59. The van der Waals surface area contributed by atoms with Gasteiger partial charge in [0, 0.05) is 26.9 Å². The second kappa shape index (κ2) is 9.39. The second-order valence-corrected chi connectivity index (χ2v) is 4.06. The predicted octanol–water partition coefficient (Wildman–Crippen LogP) is 0.971. The molecular weight excluding hydrogens is 222 g/mol. The minimum Gasteiger partial charge on any atom is -0.468 e. The summed E-state index contributed by atoms with van der Waals surface area (Å²) < 4.78 is 15.1. The van der Waals surface area contributed by atoms with Gasteiger partial charge in [-0.15, -0.1) is 0 Å². The van der Waals surface area contributed by atoms with Crippen molar-refractivity contribution >= 4 is 5.97 Å². The standard InChI is InChI=1S/C12H25NO4/c1-5-13-12(2,11(14)16-4)7-10-17-9-6-8-15-3/h13H,5-10H2,1-4H3. The largest absolute Gasteiger partial charge is 0.468 e. The molecule has 0 radical (unpaired) electrons. The number of rotatable bonds is 10. The lowest BCUT2D eigenvalue weighted by atomic mass is 9.98. The zero-order valence-corrected chi connectivity index (χ0v) is 11.4. The number of carbonyl (C=O) groups excluding carboxylic acids is 1. The van der Waals surface area contributed by atoms with E-state index in [-0.39, 0.29) is 5.97 Å². The van der Waals surface area contributed by atoms with Crippen molar-refractivity contribution in [2.24, 2.45) is 0 Å². The molecule has 1 N–H and O–H groups in total. The van der Waals surface area contributed by atoms with Gasteiger partial charge in [0.15, 0.2) is 0 Å². The van der Waals surface area contributed by atoms with Crippen LogP contribution in [-0.2, 0) is 19.0 Å². The molecule has 0 rings (SSSR count). The van der Waals surface area contributed by atoms with E-state index in [1.165, 1.54) is 7.11 Å². The maximum absolute atomic E-state index is 11.6. The van der Waals surface area contributed by atoms with E-state index in [9.17, 15) is 4.79 Å². The first-order valence-electron chi connectivity index (χ1n) is 6.00. The predicted molar refractivity (Wildman–Crippen MR) is 66.0 cm³/mol. The number of ether oxygens (including phenoxy) is 3. The van der Waals surface area contributed by atoms with Crippen LogP contribution in [0.25, 0.3) is 0 Å². The molecule has 17 heavy (non-hydrogen) atoms. The highest BCUT2D eigenvalue weighted by molar-refractivity contribution is 5.80. The van der Waals surface area contributed by atoms with Crippen molar-refractivity contribution in [2.45, 2.75) is 32.2 Å². The summed E-state index contributed by atoms with van der Waals surface area (Å²) in [5.74, 6) is -0.250. The van der Waals surface area contributed by atoms with Crippen molar-refractivity contribution < 1.29 is 19.0 Å². The summed E-state index contributed by atoms with van der Waals surface area (Å²) in [5.41, 5.74) is -0.662. The number of hydrogen-bond acceptors (Lipinski definition) is 5. The van der Waals surface area contributed by atoms with E-state index in [1.807, 2.05) is 13.8 Å². The first-order chi connectivity index (χ1) is 8.10. The molecule has 5 heteroatoms. The van der Waals surface area contributed by atoms with Crippen LogP contribution < -0.4 is 5.32 Å². The van der Waals surface area contributed by atoms with E-state index in [4.69, 9.17) is 14.2 Å². The highest BCUT2D eigenvalue weighted by atomic mass is 16.5. The van der Waals surface area contributed by atoms with Gasteiger partial charge in [0.2, 0.25) is 0 Å². The molecule has 0 heterocycles. The molecule has 0 saturated heterocycles. The summed E-state index contributed by atoms with van der Waals surface area (Å²) in [6.45, 7) is 6.39. The topological polar surface area (TPSA) is 56.8 Å². The number of likely N-dealkylation sites (N-methyl/N-ethyl adjacent to an activating group) is 1. The fourth-order valence-electron chi connectivity index (χ4n) is 1.56. The van der Waals surface area contributed by atoms with Crippen molar-refractivity contribution in [1.82, 2.24) is 5.32 Å². The lowest BCUT2D eigenvalue weighted by Gasteiger charge is -2.27. The molecule has 0 aliphatic heterocycles.